The van der Waals surface area contributed by atoms with Crippen molar-refractivity contribution in [2.45, 2.75) is 46.3 Å². The molecule has 7 nitrogen and oxygen atoms in total. The Kier molecular flexibility index (Phi) is 6.72. The second-order valence-corrected chi connectivity index (χ2v) is 15.4. The van der Waals surface area contributed by atoms with Gasteiger partial charge in [0.1, 0.15) is 18.1 Å². The summed E-state index contributed by atoms with van der Waals surface area (Å²) in [5.41, 5.74) is 7.27. The van der Waals surface area contributed by atoms with Gasteiger partial charge in [0, 0.05) is 66.7 Å². The Hall–Kier alpha value is -3.23. The molecule has 8 heteroatoms. The van der Waals surface area contributed by atoms with Gasteiger partial charge in [0.2, 0.25) is 0 Å². The number of esters is 1. The summed E-state index contributed by atoms with van der Waals surface area (Å²) in [6.45, 7) is 12.3. The average molecular weight is 477 g/mol. The molecule has 4 aromatic rings. The molecule has 4 heterocycles. The van der Waals surface area contributed by atoms with Crippen LogP contribution < -0.4 is 0 Å². The molecule has 0 aliphatic rings. The molecule has 0 spiro atoms. The Morgan fingerprint density at radius 3 is 2.59 bits per heavy atom. The molecule has 0 amide bonds. The molecule has 1 N–H and O–H groups in total. The first-order chi connectivity index (χ1) is 16.2. The minimum atomic E-state index is -1.17. The van der Waals surface area contributed by atoms with Gasteiger partial charge < -0.3 is 19.0 Å². The van der Waals surface area contributed by atoms with E-state index >= 15 is 0 Å². The van der Waals surface area contributed by atoms with Crippen molar-refractivity contribution in [2.75, 3.05) is 13.7 Å². The van der Waals surface area contributed by atoms with E-state index < -0.39 is 14.0 Å². The van der Waals surface area contributed by atoms with Crippen LogP contribution in [-0.2, 0) is 16.2 Å². The van der Waals surface area contributed by atoms with Crippen molar-refractivity contribution in [1.29, 1.82) is 0 Å². The van der Waals surface area contributed by atoms with E-state index in [4.69, 9.17) is 14.5 Å². The summed E-state index contributed by atoms with van der Waals surface area (Å²) in [6, 6.07) is 9.13. The van der Waals surface area contributed by atoms with Crippen LogP contribution in [-0.4, -0.2) is 47.3 Å². The van der Waals surface area contributed by atoms with Crippen molar-refractivity contribution in [1.82, 2.24) is 19.5 Å². The first-order valence-electron chi connectivity index (χ1n) is 11.4. The summed E-state index contributed by atoms with van der Waals surface area (Å²) >= 11 is 0. The predicted molar refractivity (Wildman–Crippen MR) is 138 cm³/mol. The molecule has 178 valence electrons. The number of aromatic nitrogens is 4. The zero-order valence-corrected chi connectivity index (χ0v) is 21.7. The van der Waals surface area contributed by atoms with E-state index in [1.165, 1.54) is 7.11 Å². The number of carbonyl (C=O) groups excluding carboxylic acids is 1. The second kappa shape index (κ2) is 9.56. The smallest absolute Gasteiger partial charge is 0.354 e. The van der Waals surface area contributed by atoms with Crippen LogP contribution in [0.5, 0.6) is 0 Å². The minimum Gasteiger partial charge on any atom is -0.464 e. The fraction of sp³-hybridized carbons (Fsp3) is 0.346. The van der Waals surface area contributed by atoms with E-state index in [1.807, 2.05) is 37.6 Å². The molecule has 34 heavy (non-hydrogen) atoms. The van der Waals surface area contributed by atoms with E-state index in [1.54, 1.807) is 0 Å². The molecule has 0 aliphatic heterocycles. The van der Waals surface area contributed by atoms with Crippen LogP contribution >= 0.6 is 0 Å². The number of aromatic amines is 1. The number of nitrogens with zero attached hydrogens (tertiary/aromatic N) is 3. The maximum absolute atomic E-state index is 12.0. The lowest BCUT2D eigenvalue weighted by Gasteiger charge is -2.16. The van der Waals surface area contributed by atoms with Gasteiger partial charge in [0.25, 0.3) is 0 Å². The number of nitrogens with one attached hydrogen (secondary N) is 1. The number of methoxy groups -OCH3 is 1. The summed E-state index contributed by atoms with van der Waals surface area (Å²) in [5, 5.41) is 1.01. The van der Waals surface area contributed by atoms with Crippen molar-refractivity contribution in [2.24, 2.45) is 0 Å². The molecule has 0 saturated carbocycles. The van der Waals surface area contributed by atoms with Crippen molar-refractivity contribution in [3.63, 3.8) is 0 Å². The Labute approximate surface area is 201 Å². The van der Waals surface area contributed by atoms with Crippen molar-refractivity contribution in [3.8, 4) is 22.3 Å². The third-order valence-electron chi connectivity index (χ3n) is 5.98. The normalized spacial score (nSPS) is 11.8. The zero-order valence-electron chi connectivity index (χ0n) is 20.7. The third-order valence-corrected chi connectivity index (χ3v) is 7.69. The monoisotopic (exact) mass is 476 g/mol. The maximum Gasteiger partial charge on any atom is 0.354 e. The lowest BCUT2D eigenvalue weighted by atomic mass is 10.0. The Balaban J connectivity index is 1.80. The van der Waals surface area contributed by atoms with E-state index in [2.05, 4.69) is 53.2 Å². The number of rotatable bonds is 8. The number of hydrogen-bond donors (Lipinski definition) is 1. The van der Waals surface area contributed by atoms with Crippen LogP contribution in [0, 0.1) is 13.8 Å². The van der Waals surface area contributed by atoms with Crippen LogP contribution in [0.2, 0.25) is 25.7 Å². The lowest BCUT2D eigenvalue weighted by molar-refractivity contribution is 0.0595. The van der Waals surface area contributed by atoms with Gasteiger partial charge in [-0.15, -0.1) is 0 Å². The molecule has 0 aliphatic carbocycles. The Bertz CT molecular complexity index is 1330. The predicted octanol–water partition coefficient (Wildman–Crippen LogP) is 5.81. The zero-order chi connectivity index (χ0) is 24.5. The topological polar surface area (TPSA) is 82.0 Å². The van der Waals surface area contributed by atoms with Crippen molar-refractivity contribution >= 4 is 25.1 Å². The van der Waals surface area contributed by atoms with Crippen molar-refractivity contribution in [3.05, 3.63) is 59.9 Å². The third kappa shape index (κ3) is 4.98. The van der Waals surface area contributed by atoms with Crippen LogP contribution in [0.1, 0.15) is 21.9 Å². The van der Waals surface area contributed by atoms with Crippen LogP contribution in [0.25, 0.3) is 33.3 Å². The summed E-state index contributed by atoms with van der Waals surface area (Å²) in [4.78, 5) is 24.2. The fourth-order valence-electron chi connectivity index (χ4n) is 4.05. The quantitative estimate of drug-likeness (QED) is 0.197. The first-order valence-corrected chi connectivity index (χ1v) is 15.2. The summed E-state index contributed by atoms with van der Waals surface area (Å²) < 4.78 is 13.1. The molecule has 0 bridgehead atoms. The second-order valence-electron chi connectivity index (χ2n) is 9.81. The summed E-state index contributed by atoms with van der Waals surface area (Å²) in [6.07, 6.45) is 5.55. The highest BCUT2D eigenvalue weighted by molar-refractivity contribution is 6.76. The van der Waals surface area contributed by atoms with Gasteiger partial charge in [-0.2, -0.15) is 0 Å². The van der Waals surface area contributed by atoms with Gasteiger partial charge in [-0.25, -0.2) is 9.78 Å². The van der Waals surface area contributed by atoms with Crippen LogP contribution in [0.15, 0.2) is 42.9 Å². The highest BCUT2D eigenvalue weighted by Crippen LogP contribution is 2.36. The average Bonchev–Trinajstić information content (AvgIpc) is 3.37. The van der Waals surface area contributed by atoms with Crippen LogP contribution in [0.4, 0.5) is 0 Å². The number of hydrogen-bond acceptors (Lipinski definition) is 5. The minimum absolute atomic E-state index is 0.395. The Morgan fingerprint density at radius 2 is 1.88 bits per heavy atom. The van der Waals surface area contributed by atoms with Gasteiger partial charge in [-0.3, -0.25) is 4.98 Å². The van der Waals surface area contributed by atoms with Gasteiger partial charge in [0.05, 0.1) is 7.11 Å². The SMILES string of the molecule is COC(=O)c1cc(-c2c(C)n(COCC[Si](C)(C)C)c3ncc(-c4ccnc(C)c4)cc23)c[nH]1. The number of carbonyl (C=O) groups is 1. The molecule has 0 atom stereocenters. The number of fused-ring (bicyclic) bond motifs is 1. The van der Waals surface area contributed by atoms with E-state index in [-0.39, 0.29) is 0 Å². The number of ether oxygens (including phenoxy) is 2. The molecule has 0 saturated heterocycles. The molecular weight excluding hydrogens is 444 g/mol. The molecular formula is C26H32N4O3Si. The summed E-state index contributed by atoms with van der Waals surface area (Å²) in [5.74, 6) is -0.395. The first kappa shape index (κ1) is 23.9. The molecule has 4 aromatic heterocycles. The molecule has 0 fully saturated rings. The van der Waals surface area contributed by atoms with Crippen molar-refractivity contribution < 1.29 is 14.3 Å². The van der Waals surface area contributed by atoms with E-state index in [9.17, 15) is 4.79 Å². The number of aryl methyl sites for hydroxylation is 1. The fourth-order valence-corrected chi connectivity index (χ4v) is 4.81. The standard InChI is InChI=1S/C26H32N4O3Si/c1-17-11-19(7-8-27-17)20-12-22-24(21-13-23(28-15-21)26(31)32-3)18(2)30(25(22)29-14-20)16-33-9-10-34(4,5)6/h7-8,11-15,28H,9-10,16H2,1-6H3. The molecule has 0 radical (unpaired) electrons. The van der Waals surface area contributed by atoms with Gasteiger partial charge in [-0.05, 0) is 49.7 Å². The highest BCUT2D eigenvalue weighted by Gasteiger charge is 2.20. The molecule has 0 unspecified atom stereocenters. The largest absolute Gasteiger partial charge is 0.464 e. The molecule has 0 aromatic carbocycles. The van der Waals surface area contributed by atoms with E-state index in [0.717, 1.165) is 57.3 Å². The van der Waals surface area contributed by atoms with Gasteiger partial charge in [-0.1, -0.05) is 19.6 Å². The van der Waals surface area contributed by atoms with E-state index in [0.29, 0.717) is 12.4 Å². The highest BCUT2D eigenvalue weighted by atomic mass is 28.3. The van der Waals surface area contributed by atoms with Crippen LogP contribution in [0.3, 0.4) is 0 Å². The van der Waals surface area contributed by atoms with Gasteiger partial charge >= 0.3 is 5.97 Å². The van der Waals surface area contributed by atoms with Gasteiger partial charge in [0.15, 0.2) is 0 Å². The number of pyridine rings is 2. The Morgan fingerprint density at radius 1 is 1.09 bits per heavy atom. The molecule has 4 rings (SSSR count). The summed E-state index contributed by atoms with van der Waals surface area (Å²) in [7, 11) is 0.205. The lowest BCUT2D eigenvalue weighted by Crippen LogP contribution is -2.22. The maximum atomic E-state index is 12.0. The number of H-pyrrole nitrogens is 1.